The maximum Gasteiger partial charge on any atom is 0.191 e. The molecule has 0 spiro atoms. The lowest BCUT2D eigenvalue weighted by molar-refractivity contribution is 0.262. The van der Waals surface area contributed by atoms with Crippen molar-refractivity contribution in [2.75, 3.05) is 13.1 Å². The normalized spacial score (nSPS) is 21.7. The number of hydrogen-bond acceptors (Lipinski definition) is 1. The molecule has 0 amide bonds. The Morgan fingerprint density at radius 3 is 2.42 bits per heavy atom. The zero-order valence-electron chi connectivity index (χ0n) is 11.5. The molecule has 1 aromatic carbocycles. The van der Waals surface area contributed by atoms with Crippen LogP contribution in [0.4, 0.5) is 0 Å². The van der Waals surface area contributed by atoms with Crippen molar-refractivity contribution < 1.29 is 0 Å². The Bertz CT molecular complexity index is 429. The molecule has 2 aliphatic rings. The molecule has 102 valence electrons. The van der Waals surface area contributed by atoms with Gasteiger partial charge in [0, 0.05) is 13.1 Å². The molecule has 1 heterocycles. The van der Waals surface area contributed by atoms with E-state index in [-0.39, 0.29) is 0 Å². The van der Waals surface area contributed by atoms with Crippen LogP contribution in [0.15, 0.2) is 35.3 Å². The summed E-state index contributed by atoms with van der Waals surface area (Å²) in [5.74, 6) is 1.58. The van der Waals surface area contributed by atoms with Gasteiger partial charge in [-0.1, -0.05) is 30.3 Å². The predicted octanol–water partition coefficient (Wildman–Crippen LogP) is 2.42. The number of piperidine rings is 1. The monoisotopic (exact) mass is 257 g/mol. The van der Waals surface area contributed by atoms with E-state index in [4.69, 9.17) is 5.73 Å². The number of hydrogen-bond donors (Lipinski definition) is 1. The maximum atomic E-state index is 6.06. The van der Waals surface area contributed by atoms with Gasteiger partial charge in [0.1, 0.15) is 0 Å². The fourth-order valence-corrected chi connectivity index (χ4v) is 2.79. The SMILES string of the molecule is NC(=NC1CC1)N1CCC(Cc2ccccc2)CC1. The van der Waals surface area contributed by atoms with Crippen LogP contribution in [-0.2, 0) is 6.42 Å². The molecule has 1 saturated heterocycles. The Morgan fingerprint density at radius 1 is 1.11 bits per heavy atom. The molecule has 1 aromatic rings. The van der Waals surface area contributed by atoms with Gasteiger partial charge in [-0.2, -0.15) is 0 Å². The van der Waals surface area contributed by atoms with Gasteiger partial charge < -0.3 is 10.6 Å². The highest BCUT2D eigenvalue weighted by Gasteiger charge is 2.24. The fourth-order valence-electron chi connectivity index (χ4n) is 2.79. The highest BCUT2D eigenvalue weighted by atomic mass is 15.3. The summed E-state index contributed by atoms with van der Waals surface area (Å²) in [6, 6.07) is 11.3. The minimum atomic E-state index is 0.530. The summed E-state index contributed by atoms with van der Waals surface area (Å²) >= 11 is 0. The van der Waals surface area contributed by atoms with Crippen LogP contribution in [0.25, 0.3) is 0 Å². The highest BCUT2D eigenvalue weighted by Crippen LogP contribution is 2.25. The number of rotatable bonds is 3. The van der Waals surface area contributed by atoms with Crippen molar-refractivity contribution in [1.82, 2.24) is 4.90 Å². The minimum absolute atomic E-state index is 0.530. The van der Waals surface area contributed by atoms with Crippen LogP contribution < -0.4 is 5.73 Å². The van der Waals surface area contributed by atoms with Crippen LogP contribution in [0.2, 0.25) is 0 Å². The largest absolute Gasteiger partial charge is 0.370 e. The maximum absolute atomic E-state index is 6.06. The predicted molar refractivity (Wildman–Crippen MR) is 79.1 cm³/mol. The third-order valence-corrected chi connectivity index (χ3v) is 4.17. The summed E-state index contributed by atoms with van der Waals surface area (Å²) in [6.07, 6.45) is 6.12. The lowest BCUT2D eigenvalue weighted by Gasteiger charge is -2.32. The van der Waals surface area contributed by atoms with Gasteiger partial charge in [-0.15, -0.1) is 0 Å². The van der Waals surface area contributed by atoms with E-state index >= 15 is 0 Å². The number of nitrogens with two attached hydrogens (primary N) is 1. The van der Waals surface area contributed by atoms with Crippen LogP contribution in [0.5, 0.6) is 0 Å². The first-order chi connectivity index (χ1) is 9.31. The first-order valence-electron chi connectivity index (χ1n) is 7.43. The number of likely N-dealkylation sites (tertiary alicyclic amines) is 1. The molecule has 0 radical (unpaired) electrons. The van der Waals surface area contributed by atoms with Crippen molar-refractivity contribution in [1.29, 1.82) is 0 Å². The molecule has 3 heteroatoms. The van der Waals surface area contributed by atoms with Gasteiger partial charge in [0.25, 0.3) is 0 Å². The average molecular weight is 257 g/mol. The van der Waals surface area contributed by atoms with Crippen molar-refractivity contribution in [3.63, 3.8) is 0 Å². The first-order valence-corrected chi connectivity index (χ1v) is 7.43. The number of guanidine groups is 1. The molecule has 1 saturated carbocycles. The summed E-state index contributed by atoms with van der Waals surface area (Å²) < 4.78 is 0. The molecule has 0 aromatic heterocycles. The summed E-state index contributed by atoms with van der Waals surface area (Å²) in [6.45, 7) is 2.14. The molecule has 0 unspecified atom stereocenters. The zero-order chi connectivity index (χ0) is 13.1. The Labute approximate surface area is 115 Å². The Hall–Kier alpha value is -1.51. The van der Waals surface area contributed by atoms with E-state index in [1.54, 1.807) is 0 Å². The fraction of sp³-hybridized carbons (Fsp3) is 0.562. The van der Waals surface area contributed by atoms with Crippen LogP contribution >= 0.6 is 0 Å². The van der Waals surface area contributed by atoms with E-state index in [1.807, 2.05) is 0 Å². The lowest BCUT2D eigenvalue weighted by Crippen LogP contribution is -2.43. The van der Waals surface area contributed by atoms with Crippen LogP contribution in [0.1, 0.15) is 31.2 Å². The van der Waals surface area contributed by atoms with Gasteiger partial charge in [-0.25, -0.2) is 4.99 Å². The third-order valence-electron chi connectivity index (χ3n) is 4.17. The topological polar surface area (TPSA) is 41.6 Å². The van der Waals surface area contributed by atoms with Gasteiger partial charge in [-0.3, -0.25) is 0 Å². The molecular weight excluding hydrogens is 234 g/mol. The van der Waals surface area contributed by atoms with E-state index in [1.165, 1.54) is 37.7 Å². The van der Waals surface area contributed by atoms with E-state index in [9.17, 15) is 0 Å². The van der Waals surface area contributed by atoms with Crippen LogP contribution in [0.3, 0.4) is 0 Å². The average Bonchev–Trinajstić information content (AvgIpc) is 3.25. The summed E-state index contributed by atoms with van der Waals surface area (Å²) in [7, 11) is 0. The lowest BCUT2D eigenvalue weighted by atomic mass is 9.90. The summed E-state index contributed by atoms with van der Waals surface area (Å²) in [4.78, 5) is 6.81. The van der Waals surface area contributed by atoms with Gasteiger partial charge in [0.2, 0.25) is 0 Å². The number of benzene rings is 1. The highest BCUT2D eigenvalue weighted by molar-refractivity contribution is 5.78. The summed E-state index contributed by atoms with van der Waals surface area (Å²) in [5.41, 5.74) is 7.52. The molecular formula is C16H23N3. The molecule has 3 nitrogen and oxygen atoms in total. The number of aliphatic imine (C=N–C) groups is 1. The Balaban J connectivity index is 1.49. The minimum Gasteiger partial charge on any atom is -0.370 e. The van der Waals surface area contributed by atoms with E-state index in [2.05, 4.69) is 40.2 Å². The Kier molecular flexibility index (Phi) is 3.72. The zero-order valence-corrected chi connectivity index (χ0v) is 11.5. The second-order valence-electron chi connectivity index (χ2n) is 5.84. The second kappa shape index (κ2) is 5.64. The van der Waals surface area contributed by atoms with Gasteiger partial charge >= 0.3 is 0 Å². The quantitative estimate of drug-likeness (QED) is 0.667. The molecule has 1 aliphatic carbocycles. The molecule has 2 fully saturated rings. The Morgan fingerprint density at radius 2 is 1.79 bits per heavy atom. The van der Waals surface area contributed by atoms with E-state index in [0.29, 0.717) is 6.04 Å². The van der Waals surface area contributed by atoms with Crippen molar-refractivity contribution in [3.8, 4) is 0 Å². The molecule has 0 bridgehead atoms. The van der Waals surface area contributed by atoms with E-state index in [0.717, 1.165) is 25.0 Å². The van der Waals surface area contributed by atoms with Crippen molar-refractivity contribution in [2.24, 2.45) is 16.6 Å². The van der Waals surface area contributed by atoms with Crippen molar-refractivity contribution in [2.45, 2.75) is 38.1 Å². The molecule has 2 N–H and O–H groups in total. The smallest absolute Gasteiger partial charge is 0.191 e. The van der Waals surface area contributed by atoms with Gasteiger partial charge in [0.05, 0.1) is 6.04 Å². The number of nitrogens with zero attached hydrogens (tertiary/aromatic N) is 2. The molecule has 0 atom stereocenters. The molecule has 1 aliphatic heterocycles. The third kappa shape index (κ3) is 3.49. The molecule has 19 heavy (non-hydrogen) atoms. The first kappa shape index (κ1) is 12.5. The van der Waals surface area contributed by atoms with Gasteiger partial charge in [-0.05, 0) is 43.6 Å². The van der Waals surface area contributed by atoms with Gasteiger partial charge in [0.15, 0.2) is 5.96 Å². The summed E-state index contributed by atoms with van der Waals surface area (Å²) in [5, 5.41) is 0. The van der Waals surface area contributed by atoms with Crippen LogP contribution in [-0.4, -0.2) is 30.0 Å². The van der Waals surface area contributed by atoms with Crippen molar-refractivity contribution >= 4 is 5.96 Å². The molecule has 3 rings (SSSR count). The second-order valence-corrected chi connectivity index (χ2v) is 5.84. The van der Waals surface area contributed by atoms with E-state index < -0.39 is 0 Å². The van der Waals surface area contributed by atoms with Crippen LogP contribution in [0, 0.1) is 5.92 Å². The van der Waals surface area contributed by atoms with Crippen molar-refractivity contribution in [3.05, 3.63) is 35.9 Å². The standard InChI is InChI=1S/C16H23N3/c17-16(18-15-6-7-15)19-10-8-14(9-11-19)12-13-4-2-1-3-5-13/h1-5,14-15H,6-12H2,(H2,17,18).